The number of nitrogens with zero attached hydrogens (tertiary/aromatic N) is 3. The fourth-order valence-corrected chi connectivity index (χ4v) is 4.33. The lowest BCUT2D eigenvalue weighted by atomic mass is 9.83. The maximum atomic E-state index is 13.1. The van der Waals surface area contributed by atoms with Crippen molar-refractivity contribution in [2.24, 2.45) is 5.92 Å². The minimum atomic E-state index is -0.308. The Hall–Kier alpha value is -2.08. The zero-order valence-corrected chi connectivity index (χ0v) is 16.7. The van der Waals surface area contributed by atoms with Crippen LogP contribution in [0, 0.1) is 5.92 Å². The van der Waals surface area contributed by atoms with E-state index in [1.54, 1.807) is 31.0 Å². The Balaban J connectivity index is 1.62. The zero-order valence-electron chi connectivity index (χ0n) is 16.7. The number of carbonyl (C=O) groups excluding carboxylic acids is 2. The SMILES string of the molecule is COC1(c2ccccc2)CCN(C(=O)[C@H]2CCCN(C(=O)N(C)C)C2)CC1. The summed E-state index contributed by atoms with van der Waals surface area (Å²) in [7, 11) is 5.27. The number of hydrogen-bond acceptors (Lipinski definition) is 3. The van der Waals surface area contributed by atoms with Gasteiger partial charge in [0.1, 0.15) is 0 Å². The van der Waals surface area contributed by atoms with Gasteiger partial charge in [0.25, 0.3) is 0 Å². The maximum Gasteiger partial charge on any atom is 0.319 e. The Labute approximate surface area is 162 Å². The fourth-order valence-electron chi connectivity index (χ4n) is 4.33. The van der Waals surface area contributed by atoms with Gasteiger partial charge >= 0.3 is 6.03 Å². The van der Waals surface area contributed by atoms with Crippen molar-refractivity contribution in [3.05, 3.63) is 35.9 Å². The van der Waals surface area contributed by atoms with Gasteiger partial charge in [0, 0.05) is 47.4 Å². The molecule has 148 valence electrons. The van der Waals surface area contributed by atoms with E-state index in [9.17, 15) is 9.59 Å². The highest BCUT2D eigenvalue weighted by Gasteiger charge is 2.39. The van der Waals surface area contributed by atoms with Gasteiger partial charge in [0.15, 0.2) is 0 Å². The van der Waals surface area contributed by atoms with Crippen molar-refractivity contribution in [2.45, 2.75) is 31.3 Å². The molecule has 0 saturated carbocycles. The Kier molecular flexibility index (Phi) is 6.05. The number of ether oxygens (including phenoxy) is 1. The maximum absolute atomic E-state index is 13.1. The first-order valence-electron chi connectivity index (χ1n) is 9.82. The first-order valence-corrected chi connectivity index (χ1v) is 9.82. The number of methoxy groups -OCH3 is 1. The molecule has 2 saturated heterocycles. The Morgan fingerprint density at radius 1 is 1.07 bits per heavy atom. The average Bonchev–Trinajstić information content (AvgIpc) is 2.73. The molecular weight excluding hydrogens is 342 g/mol. The molecule has 0 aliphatic carbocycles. The van der Waals surface area contributed by atoms with Crippen molar-refractivity contribution in [1.29, 1.82) is 0 Å². The van der Waals surface area contributed by atoms with Gasteiger partial charge in [0.05, 0.1) is 11.5 Å². The highest BCUT2D eigenvalue weighted by atomic mass is 16.5. The van der Waals surface area contributed by atoms with Gasteiger partial charge in [-0.15, -0.1) is 0 Å². The molecule has 0 radical (unpaired) electrons. The molecule has 0 aromatic heterocycles. The summed E-state index contributed by atoms with van der Waals surface area (Å²) < 4.78 is 5.92. The standard InChI is InChI=1S/C21H31N3O3/c1-22(2)20(26)24-13-7-8-17(16-24)19(25)23-14-11-21(27-3,12-15-23)18-9-5-4-6-10-18/h4-6,9-10,17H,7-8,11-16H2,1-3H3/t17-/m0/s1. The Morgan fingerprint density at radius 2 is 1.74 bits per heavy atom. The summed E-state index contributed by atoms with van der Waals surface area (Å²) in [6, 6.07) is 10.3. The molecule has 1 aromatic carbocycles. The van der Waals surface area contributed by atoms with Gasteiger partial charge in [-0.1, -0.05) is 30.3 Å². The van der Waals surface area contributed by atoms with Crippen molar-refractivity contribution in [3.8, 4) is 0 Å². The molecule has 0 unspecified atom stereocenters. The summed E-state index contributed by atoms with van der Waals surface area (Å²) in [5, 5.41) is 0. The van der Waals surface area contributed by atoms with Crippen LogP contribution in [0.3, 0.4) is 0 Å². The van der Waals surface area contributed by atoms with Crippen LogP contribution in [0.5, 0.6) is 0 Å². The van der Waals surface area contributed by atoms with Crippen molar-refractivity contribution in [1.82, 2.24) is 14.7 Å². The van der Waals surface area contributed by atoms with Gasteiger partial charge in [-0.25, -0.2) is 4.79 Å². The van der Waals surface area contributed by atoms with E-state index in [1.807, 2.05) is 23.1 Å². The lowest BCUT2D eigenvalue weighted by molar-refractivity contribution is -0.143. The highest BCUT2D eigenvalue weighted by molar-refractivity contribution is 5.81. The minimum absolute atomic E-state index is 0.00591. The molecule has 2 heterocycles. The fraction of sp³-hybridized carbons (Fsp3) is 0.619. The first kappa shape index (κ1) is 19.7. The van der Waals surface area contributed by atoms with E-state index in [0.717, 1.165) is 32.2 Å². The molecule has 2 aliphatic heterocycles. The van der Waals surface area contributed by atoms with Gasteiger partial charge in [-0.2, -0.15) is 0 Å². The van der Waals surface area contributed by atoms with Gasteiger partial charge in [0.2, 0.25) is 5.91 Å². The number of piperidine rings is 2. The monoisotopic (exact) mass is 373 g/mol. The second-order valence-corrected chi connectivity index (χ2v) is 7.85. The van der Waals surface area contributed by atoms with Crippen molar-refractivity contribution < 1.29 is 14.3 Å². The van der Waals surface area contributed by atoms with Crippen LogP contribution in [0.2, 0.25) is 0 Å². The largest absolute Gasteiger partial charge is 0.373 e. The molecule has 0 N–H and O–H groups in total. The molecule has 6 heteroatoms. The predicted octanol–water partition coefficient (Wildman–Crippen LogP) is 2.54. The van der Waals surface area contributed by atoms with E-state index in [1.165, 1.54) is 5.56 Å². The van der Waals surface area contributed by atoms with Crippen LogP contribution >= 0.6 is 0 Å². The highest BCUT2D eigenvalue weighted by Crippen LogP contribution is 2.36. The molecule has 27 heavy (non-hydrogen) atoms. The molecule has 2 fully saturated rings. The molecule has 2 aliphatic rings. The molecule has 6 nitrogen and oxygen atoms in total. The van der Waals surface area contributed by atoms with Gasteiger partial charge in [-0.05, 0) is 31.2 Å². The van der Waals surface area contributed by atoms with Crippen LogP contribution < -0.4 is 0 Å². The van der Waals surface area contributed by atoms with E-state index in [2.05, 4.69) is 12.1 Å². The number of benzene rings is 1. The number of rotatable bonds is 3. The summed E-state index contributed by atoms with van der Waals surface area (Å²) in [6.45, 7) is 2.65. The van der Waals surface area contributed by atoms with Crippen molar-refractivity contribution >= 4 is 11.9 Å². The average molecular weight is 373 g/mol. The Morgan fingerprint density at radius 3 is 2.33 bits per heavy atom. The van der Waals surface area contributed by atoms with Gasteiger partial charge in [-0.3, -0.25) is 4.79 Å². The lowest BCUT2D eigenvalue weighted by Gasteiger charge is -2.43. The summed E-state index contributed by atoms with van der Waals surface area (Å²) in [6.07, 6.45) is 3.34. The molecule has 1 atom stereocenters. The molecule has 3 rings (SSSR count). The number of amides is 3. The minimum Gasteiger partial charge on any atom is -0.373 e. The summed E-state index contributed by atoms with van der Waals surface area (Å²) in [5.41, 5.74) is 0.873. The van der Waals surface area contributed by atoms with Crippen LogP contribution in [0.4, 0.5) is 4.79 Å². The third-order valence-corrected chi connectivity index (χ3v) is 6.00. The smallest absolute Gasteiger partial charge is 0.319 e. The quantitative estimate of drug-likeness (QED) is 0.818. The number of hydrogen-bond donors (Lipinski definition) is 0. The zero-order chi connectivity index (χ0) is 19.4. The van der Waals surface area contributed by atoms with Crippen LogP contribution in [0.15, 0.2) is 30.3 Å². The summed E-state index contributed by atoms with van der Waals surface area (Å²) in [5.74, 6) is 0.0958. The number of carbonyl (C=O) groups is 2. The van der Waals surface area contributed by atoms with E-state index in [4.69, 9.17) is 4.74 Å². The van der Waals surface area contributed by atoms with Crippen LogP contribution in [-0.2, 0) is 15.1 Å². The van der Waals surface area contributed by atoms with Crippen LogP contribution in [0.1, 0.15) is 31.2 Å². The van der Waals surface area contributed by atoms with Crippen LogP contribution in [-0.4, -0.2) is 74.0 Å². The summed E-state index contributed by atoms with van der Waals surface area (Å²) in [4.78, 5) is 30.6. The second-order valence-electron chi connectivity index (χ2n) is 7.85. The number of likely N-dealkylation sites (tertiary alicyclic amines) is 2. The first-order chi connectivity index (χ1) is 13.0. The predicted molar refractivity (Wildman–Crippen MR) is 104 cm³/mol. The topological polar surface area (TPSA) is 53.1 Å². The third-order valence-electron chi connectivity index (χ3n) is 6.00. The van der Waals surface area contributed by atoms with E-state index in [0.29, 0.717) is 19.6 Å². The molecule has 1 aromatic rings. The van der Waals surface area contributed by atoms with E-state index >= 15 is 0 Å². The summed E-state index contributed by atoms with van der Waals surface area (Å²) >= 11 is 0. The number of urea groups is 1. The van der Waals surface area contributed by atoms with Crippen molar-refractivity contribution in [2.75, 3.05) is 47.4 Å². The van der Waals surface area contributed by atoms with E-state index in [-0.39, 0.29) is 23.5 Å². The molecule has 3 amide bonds. The normalized spacial score (nSPS) is 22.4. The molecular formula is C21H31N3O3. The second kappa shape index (κ2) is 8.30. The Bertz CT molecular complexity index is 654. The molecule has 0 spiro atoms. The van der Waals surface area contributed by atoms with E-state index < -0.39 is 0 Å². The van der Waals surface area contributed by atoms with Crippen LogP contribution in [0.25, 0.3) is 0 Å². The third kappa shape index (κ3) is 4.10. The van der Waals surface area contributed by atoms with Crippen molar-refractivity contribution in [3.63, 3.8) is 0 Å². The van der Waals surface area contributed by atoms with Gasteiger partial charge < -0.3 is 19.4 Å². The molecule has 0 bridgehead atoms. The lowest BCUT2D eigenvalue weighted by Crippen LogP contribution is -2.52.